The Kier molecular flexibility index (Phi) is 4.45. The van der Waals surface area contributed by atoms with Crippen molar-refractivity contribution in [1.29, 1.82) is 0 Å². The van der Waals surface area contributed by atoms with Gasteiger partial charge in [0.2, 0.25) is 0 Å². The molecule has 2 heteroatoms. The molecular weight excluding hydrogens is 234 g/mol. The van der Waals surface area contributed by atoms with E-state index in [1.165, 1.54) is 18.4 Å². The van der Waals surface area contributed by atoms with E-state index in [0.29, 0.717) is 5.69 Å². The molecule has 1 aromatic carbocycles. The van der Waals surface area contributed by atoms with E-state index in [2.05, 4.69) is 36.2 Å². The van der Waals surface area contributed by atoms with Crippen LogP contribution in [0.3, 0.4) is 0 Å². The summed E-state index contributed by atoms with van der Waals surface area (Å²) in [6, 6.07) is 14.0. The standard InChI is InChI=1S/C17H19NO/c1-3-4-6-14-9-11-15(12-10-14)17-8-5-7-16(18-17)13(2)19/h5,7-12H,3-4,6H2,1-2H3. The van der Waals surface area contributed by atoms with E-state index in [0.717, 1.165) is 17.7 Å². The van der Waals surface area contributed by atoms with Gasteiger partial charge in [-0.2, -0.15) is 0 Å². The highest BCUT2D eigenvalue weighted by molar-refractivity contribution is 5.92. The largest absolute Gasteiger partial charge is 0.293 e. The van der Waals surface area contributed by atoms with Gasteiger partial charge in [0.1, 0.15) is 5.69 Å². The minimum atomic E-state index is 0.00131. The number of pyridine rings is 1. The van der Waals surface area contributed by atoms with Crippen LogP contribution in [-0.2, 0) is 6.42 Å². The van der Waals surface area contributed by atoms with Crippen molar-refractivity contribution in [3.8, 4) is 11.3 Å². The van der Waals surface area contributed by atoms with Gasteiger partial charge in [-0.1, -0.05) is 43.7 Å². The third-order valence-electron chi connectivity index (χ3n) is 3.18. The summed E-state index contributed by atoms with van der Waals surface area (Å²) in [4.78, 5) is 15.7. The summed E-state index contributed by atoms with van der Waals surface area (Å²) in [5.41, 5.74) is 3.79. The zero-order chi connectivity index (χ0) is 13.7. The summed E-state index contributed by atoms with van der Waals surface area (Å²) in [5.74, 6) is 0.00131. The second-order valence-electron chi connectivity index (χ2n) is 4.76. The predicted molar refractivity (Wildman–Crippen MR) is 78.3 cm³/mol. The molecule has 0 saturated heterocycles. The molecule has 0 N–H and O–H groups in total. The van der Waals surface area contributed by atoms with Crippen molar-refractivity contribution in [2.45, 2.75) is 33.1 Å². The van der Waals surface area contributed by atoms with Crippen molar-refractivity contribution in [3.63, 3.8) is 0 Å². The zero-order valence-electron chi connectivity index (χ0n) is 11.5. The number of nitrogens with zero attached hydrogens (tertiary/aromatic N) is 1. The molecule has 2 nitrogen and oxygen atoms in total. The molecule has 0 fully saturated rings. The molecular formula is C17H19NO. The normalized spacial score (nSPS) is 10.4. The molecule has 0 bridgehead atoms. The van der Waals surface area contributed by atoms with E-state index < -0.39 is 0 Å². The van der Waals surface area contributed by atoms with Crippen molar-refractivity contribution in [1.82, 2.24) is 4.98 Å². The molecule has 0 aliphatic carbocycles. The lowest BCUT2D eigenvalue weighted by Gasteiger charge is -2.04. The summed E-state index contributed by atoms with van der Waals surface area (Å²) < 4.78 is 0. The van der Waals surface area contributed by atoms with E-state index >= 15 is 0 Å². The van der Waals surface area contributed by atoms with Gasteiger partial charge in [-0.3, -0.25) is 4.79 Å². The van der Waals surface area contributed by atoms with Gasteiger partial charge < -0.3 is 0 Å². The first kappa shape index (κ1) is 13.5. The molecule has 1 heterocycles. The molecule has 0 saturated carbocycles. The second-order valence-corrected chi connectivity index (χ2v) is 4.76. The molecule has 0 atom stereocenters. The fraction of sp³-hybridized carbons (Fsp3) is 0.294. The summed E-state index contributed by atoms with van der Waals surface area (Å²) >= 11 is 0. The molecule has 0 aliphatic heterocycles. The smallest absolute Gasteiger partial charge is 0.178 e. The number of benzene rings is 1. The van der Waals surface area contributed by atoms with Gasteiger partial charge in [0.25, 0.3) is 0 Å². The van der Waals surface area contributed by atoms with Crippen molar-refractivity contribution in [2.24, 2.45) is 0 Å². The lowest BCUT2D eigenvalue weighted by molar-refractivity contribution is 0.101. The fourth-order valence-corrected chi connectivity index (χ4v) is 2.01. The number of Topliss-reactive ketones (excluding diaryl/α,β-unsaturated/α-hetero) is 1. The van der Waals surface area contributed by atoms with Crippen molar-refractivity contribution < 1.29 is 4.79 Å². The first-order valence-electron chi connectivity index (χ1n) is 6.78. The number of carbonyl (C=O) groups is 1. The van der Waals surface area contributed by atoms with Crippen LogP contribution in [0.4, 0.5) is 0 Å². The molecule has 2 rings (SSSR count). The topological polar surface area (TPSA) is 30.0 Å². The van der Waals surface area contributed by atoms with Crippen molar-refractivity contribution >= 4 is 5.78 Å². The third kappa shape index (κ3) is 3.50. The van der Waals surface area contributed by atoms with Gasteiger partial charge in [-0.05, 0) is 30.5 Å². The summed E-state index contributed by atoms with van der Waals surface area (Å²) in [6.45, 7) is 3.74. The zero-order valence-corrected chi connectivity index (χ0v) is 11.5. The molecule has 19 heavy (non-hydrogen) atoms. The van der Waals surface area contributed by atoms with E-state index in [1.54, 1.807) is 13.0 Å². The molecule has 0 unspecified atom stereocenters. The van der Waals surface area contributed by atoms with Crippen LogP contribution in [0.15, 0.2) is 42.5 Å². The van der Waals surface area contributed by atoms with E-state index in [-0.39, 0.29) is 5.78 Å². The summed E-state index contributed by atoms with van der Waals surface area (Å²) in [7, 11) is 0. The summed E-state index contributed by atoms with van der Waals surface area (Å²) in [5, 5.41) is 0. The Balaban J connectivity index is 2.22. The number of hydrogen-bond acceptors (Lipinski definition) is 2. The van der Waals surface area contributed by atoms with Crippen molar-refractivity contribution in [2.75, 3.05) is 0 Å². The predicted octanol–water partition coefficient (Wildman–Crippen LogP) is 4.29. The average Bonchev–Trinajstić information content (AvgIpc) is 2.46. The molecule has 0 spiro atoms. The molecule has 2 aromatic rings. The number of ketones is 1. The highest BCUT2D eigenvalue weighted by atomic mass is 16.1. The lowest BCUT2D eigenvalue weighted by atomic mass is 10.0. The molecule has 0 aliphatic rings. The fourth-order valence-electron chi connectivity index (χ4n) is 2.01. The van der Waals surface area contributed by atoms with Crippen LogP contribution in [0.5, 0.6) is 0 Å². The Labute approximate surface area is 114 Å². The van der Waals surface area contributed by atoms with Gasteiger partial charge in [-0.25, -0.2) is 4.98 Å². The van der Waals surface area contributed by atoms with E-state index in [4.69, 9.17) is 0 Å². The van der Waals surface area contributed by atoms with Crippen LogP contribution in [-0.4, -0.2) is 10.8 Å². The average molecular weight is 253 g/mol. The third-order valence-corrected chi connectivity index (χ3v) is 3.18. The molecule has 0 radical (unpaired) electrons. The maximum Gasteiger partial charge on any atom is 0.178 e. The number of unbranched alkanes of at least 4 members (excludes halogenated alkanes) is 1. The number of rotatable bonds is 5. The quantitative estimate of drug-likeness (QED) is 0.744. The Hall–Kier alpha value is -1.96. The van der Waals surface area contributed by atoms with Crippen LogP contribution in [0.2, 0.25) is 0 Å². The van der Waals surface area contributed by atoms with Crippen LogP contribution >= 0.6 is 0 Å². The monoisotopic (exact) mass is 253 g/mol. The number of hydrogen-bond donors (Lipinski definition) is 0. The van der Waals surface area contributed by atoms with Crippen LogP contribution in [0.25, 0.3) is 11.3 Å². The highest BCUT2D eigenvalue weighted by Crippen LogP contribution is 2.19. The van der Waals surface area contributed by atoms with Crippen LogP contribution in [0, 0.1) is 0 Å². The maximum absolute atomic E-state index is 11.3. The van der Waals surface area contributed by atoms with Gasteiger partial charge in [0, 0.05) is 12.5 Å². The Bertz CT molecular complexity index is 558. The summed E-state index contributed by atoms with van der Waals surface area (Å²) in [6.07, 6.45) is 3.55. The van der Waals surface area contributed by atoms with E-state index in [9.17, 15) is 4.79 Å². The molecule has 98 valence electrons. The first-order valence-corrected chi connectivity index (χ1v) is 6.78. The van der Waals surface area contributed by atoms with Gasteiger partial charge in [0.05, 0.1) is 5.69 Å². The Morgan fingerprint density at radius 2 is 1.84 bits per heavy atom. The lowest BCUT2D eigenvalue weighted by Crippen LogP contribution is -1.97. The minimum Gasteiger partial charge on any atom is -0.293 e. The second kappa shape index (κ2) is 6.28. The van der Waals surface area contributed by atoms with Crippen LogP contribution < -0.4 is 0 Å². The highest BCUT2D eigenvalue weighted by Gasteiger charge is 2.04. The van der Waals surface area contributed by atoms with E-state index in [1.807, 2.05) is 12.1 Å². The number of aryl methyl sites for hydroxylation is 1. The van der Waals surface area contributed by atoms with Crippen LogP contribution in [0.1, 0.15) is 42.7 Å². The Morgan fingerprint density at radius 1 is 1.11 bits per heavy atom. The molecule has 0 amide bonds. The Morgan fingerprint density at radius 3 is 2.47 bits per heavy atom. The minimum absolute atomic E-state index is 0.00131. The SMILES string of the molecule is CCCCc1ccc(-c2cccc(C(C)=O)n2)cc1. The van der Waals surface area contributed by atoms with Gasteiger partial charge >= 0.3 is 0 Å². The number of carbonyl (C=O) groups excluding carboxylic acids is 1. The molecule has 1 aromatic heterocycles. The maximum atomic E-state index is 11.3. The first-order chi connectivity index (χ1) is 9.20. The number of aromatic nitrogens is 1. The van der Waals surface area contributed by atoms with Gasteiger partial charge in [-0.15, -0.1) is 0 Å². The van der Waals surface area contributed by atoms with Gasteiger partial charge in [0.15, 0.2) is 5.78 Å². The van der Waals surface area contributed by atoms with Crippen molar-refractivity contribution in [3.05, 3.63) is 53.7 Å².